The van der Waals surface area contributed by atoms with E-state index in [4.69, 9.17) is 4.74 Å². The fourth-order valence-corrected chi connectivity index (χ4v) is 3.20. The Morgan fingerprint density at radius 3 is 2.24 bits per heavy atom. The molecular formula is C16H23N3O6. The lowest BCUT2D eigenvalue weighted by molar-refractivity contribution is -0.156. The first-order valence-corrected chi connectivity index (χ1v) is 8.30. The van der Waals surface area contributed by atoms with Crippen LogP contribution in [0.3, 0.4) is 0 Å². The van der Waals surface area contributed by atoms with Crippen LogP contribution in [0.15, 0.2) is 0 Å². The molecular weight excluding hydrogens is 330 g/mol. The van der Waals surface area contributed by atoms with Gasteiger partial charge in [-0.2, -0.15) is 0 Å². The number of imide groups is 1. The number of fused-ring (bicyclic) bond motifs is 1. The van der Waals surface area contributed by atoms with Crippen LogP contribution in [0.4, 0.5) is 0 Å². The van der Waals surface area contributed by atoms with Gasteiger partial charge in [0.2, 0.25) is 17.7 Å². The van der Waals surface area contributed by atoms with Crippen molar-refractivity contribution in [1.29, 1.82) is 0 Å². The zero-order chi connectivity index (χ0) is 18.6. The maximum absolute atomic E-state index is 12.3. The van der Waals surface area contributed by atoms with Crippen LogP contribution in [0.25, 0.3) is 0 Å². The zero-order valence-electron chi connectivity index (χ0n) is 14.4. The van der Waals surface area contributed by atoms with Crippen LogP contribution in [0.5, 0.6) is 0 Å². The third-order valence-electron chi connectivity index (χ3n) is 4.66. The van der Waals surface area contributed by atoms with Crippen molar-refractivity contribution in [2.75, 3.05) is 33.8 Å². The van der Waals surface area contributed by atoms with E-state index >= 15 is 0 Å². The molecule has 0 aromatic heterocycles. The van der Waals surface area contributed by atoms with Crippen LogP contribution in [0, 0.1) is 11.8 Å². The van der Waals surface area contributed by atoms with Crippen molar-refractivity contribution in [3.05, 3.63) is 0 Å². The van der Waals surface area contributed by atoms with Gasteiger partial charge in [-0.25, -0.2) is 0 Å². The number of rotatable bonds is 6. The van der Waals surface area contributed by atoms with Crippen LogP contribution >= 0.6 is 0 Å². The summed E-state index contributed by atoms with van der Waals surface area (Å²) in [6, 6.07) is 0. The number of likely N-dealkylation sites (tertiary alicyclic amines) is 1. The maximum atomic E-state index is 12.3. The quantitative estimate of drug-likeness (QED) is 0.479. The third-order valence-corrected chi connectivity index (χ3v) is 4.66. The van der Waals surface area contributed by atoms with Crippen molar-refractivity contribution in [2.45, 2.75) is 25.7 Å². The summed E-state index contributed by atoms with van der Waals surface area (Å²) in [4.78, 5) is 61.5. The van der Waals surface area contributed by atoms with Gasteiger partial charge in [0, 0.05) is 14.1 Å². The Balaban J connectivity index is 1.82. The molecule has 0 bridgehead atoms. The first-order chi connectivity index (χ1) is 11.8. The normalized spacial score (nSPS) is 22.4. The predicted molar refractivity (Wildman–Crippen MR) is 84.8 cm³/mol. The molecule has 1 saturated carbocycles. The lowest BCUT2D eigenvalue weighted by atomic mass is 9.81. The predicted octanol–water partition coefficient (Wildman–Crippen LogP) is -1.09. The minimum Gasteiger partial charge on any atom is -0.454 e. The van der Waals surface area contributed by atoms with Crippen LogP contribution in [0.2, 0.25) is 0 Å². The van der Waals surface area contributed by atoms with Crippen LogP contribution < -0.4 is 5.32 Å². The number of hydrogen-bond donors (Lipinski definition) is 1. The van der Waals surface area contributed by atoms with Gasteiger partial charge in [0.25, 0.3) is 5.91 Å². The van der Waals surface area contributed by atoms with E-state index in [1.54, 1.807) is 0 Å². The molecule has 9 nitrogen and oxygen atoms in total. The van der Waals surface area contributed by atoms with Gasteiger partial charge >= 0.3 is 5.97 Å². The molecule has 2 aliphatic rings. The number of likely N-dealkylation sites (N-methyl/N-ethyl adjacent to an activating group) is 2. The Labute approximate surface area is 145 Å². The number of esters is 1. The second-order valence-corrected chi connectivity index (χ2v) is 6.34. The van der Waals surface area contributed by atoms with Gasteiger partial charge in [0.15, 0.2) is 6.61 Å². The highest BCUT2D eigenvalue weighted by Crippen LogP contribution is 2.37. The minimum absolute atomic E-state index is 0.153. The van der Waals surface area contributed by atoms with Crippen molar-refractivity contribution >= 4 is 29.6 Å². The van der Waals surface area contributed by atoms with E-state index in [1.807, 2.05) is 0 Å². The van der Waals surface area contributed by atoms with Gasteiger partial charge in [-0.3, -0.25) is 28.9 Å². The van der Waals surface area contributed by atoms with E-state index in [-0.39, 0.29) is 36.1 Å². The summed E-state index contributed by atoms with van der Waals surface area (Å²) >= 11 is 0. The molecule has 2 fully saturated rings. The lowest BCUT2D eigenvalue weighted by Crippen LogP contribution is -2.40. The highest BCUT2D eigenvalue weighted by atomic mass is 16.5. The molecule has 1 heterocycles. The SMILES string of the molecule is CNC(=O)CN(C)C(=O)COC(=O)CN1C(=O)[C@H]2CCCC[C@H]2C1=O. The highest BCUT2D eigenvalue weighted by molar-refractivity contribution is 6.07. The average Bonchev–Trinajstić information content (AvgIpc) is 2.84. The Hall–Kier alpha value is -2.45. The summed E-state index contributed by atoms with van der Waals surface area (Å²) < 4.78 is 4.84. The molecule has 1 saturated heterocycles. The number of nitrogens with one attached hydrogen (secondary N) is 1. The van der Waals surface area contributed by atoms with E-state index in [0.29, 0.717) is 12.8 Å². The molecule has 0 spiro atoms. The molecule has 0 radical (unpaired) electrons. The van der Waals surface area contributed by atoms with Crippen molar-refractivity contribution in [3.63, 3.8) is 0 Å². The fraction of sp³-hybridized carbons (Fsp3) is 0.688. The van der Waals surface area contributed by atoms with Gasteiger partial charge < -0.3 is 15.0 Å². The number of hydrogen-bond acceptors (Lipinski definition) is 6. The summed E-state index contributed by atoms with van der Waals surface area (Å²) in [5.41, 5.74) is 0. The molecule has 0 unspecified atom stereocenters. The average molecular weight is 353 g/mol. The second-order valence-electron chi connectivity index (χ2n) is 6.34. The molecule has 0 aromatic carbocycles. The molecule has 9 heteroatoms. The number of amides is 4. The third kappa shape index (κ3) is 4.34. The van der Waals surface area contributed by atoms with E-state index in [9.17, 15) is 24.0 Å². The molecule has 4 amide bonds. The van der Waals surface area contributed by atoms with E-state index < -0.39 is 25.0 Å². The van der Waals surface area contributed by atoms with E-state index in [1.165, 1.54) is 14.1 Å². The number of carbonyl (C=O) groups is 5. The molecule has 1 aliphatic heterocycles. The summed E-state index contributed by atoms with van der Waals surface area (Å²) in [6.45, 7) is -1.17. The zero-order valence-corrected chi connectivity index (χ0v) is 14.4. The Bertz CT molecular complexity index is 566. The Kier molecular flexibility index (Phi) is 6.11. The van der Waals surface area contributed by atoms with Crippen molar-refractivity contribution in [2.24, 2.45) is 11.8 Å². The second kappa shape index (κ2) is 8.09. The van der Waals surface area contributed by atoms with Crippen molar-refractivity contribution < 1.29 is 28.7 Å². The molecule has 0 aromatic rings. The summed E-state index contributed by atoms with van der Waals surface area (Å²) in [7, 11) is 2.85. The number of carbonyl (C=O) groups excluding carboxylic acids is 5. The topological polar surface area (TPSA) is 113 Å². The first kappa shape index (κ1) is 18.9. The number of nitrogens with zero attached hydrogens (tertiary/aromatic N) is 2. The highest BCUT2D eigenvalue weighted by Gasteiger charge is 2.48. The van der Waals surface area contributed by atoms with Gasteiger partial charge in [0.05, 0.1) is 18.4 Å². The smallest absolute Gasteiger partial charge is 0.326 e. The van der Waals surface area contributed by atoms with Crippen LogP contribution in [-0.4, -0.2) is 73.2 Å². The van der Waals surface area contributed by atoms with E-state index in [2.05, 4.69) is 5.32 Å². The molecule has 138 valence electrons. The maximum Gasteiger partial charge on any atom is 0.326 e. The Morgan fingerprint density at radius 2 is 1.72 bits per heavy atom. The van der Waals surface area contributed by atoms with Gasteiger partial charge in [-0.15, -0.1) is 0 Å². The van der Waals surface area contributed by atoms with Crippen molar-refractivity contribution in [1.82, 2.24) is 15.1 Å². The van der Waals surface area contributed by atoms with Gasteiger partial charge in [-0.05, 0) is 12.8 Å². The summed E-state index contributed by atoms with van der Waals surface area (Å²) in [6.07, 6.45) is 3.16. The number of ether oxygens (including phenoxy) is 1. The Morgan fingerprint density at radius 1 is 1.16 bits per heavy atom. The van der Waals surface area contributed by atoms with Crippen molar-refractivity contribution in [3.8, 4) is 0 Å². The van der Waals surface area contributed by atoms with Crippen LogP contribution in [0.1, 0.15) is 25.7 Å². The summed E-state index contributed by atoms with van der Waals surface area (Å²) in [5, 5.41) is 2.38. The molecule has 1 aliphatic carbocycles. The van der Waals surface area contributed by atoms with Gasteiger partial charge in [-0.1, -0.05) is 12.8 Å². The van der Waals surface area contributed by atoms with Gasteiger partial charge in [0.1, 0.15) is 6.54 Å². The van der Waals surface area contributed by atoms with Crippen LogP contribution in [-0.2, 0) is 28.7 Å². The lowest BCUT2D eigenvalue weighted by Gasteiger charge is -2.19. The van der Waals surface area contributed by atoms with E-state index in [0.717, 1.165) is 22.6 Å². The fourth-order valence-electron chi connectivity index (χ4n) is 3.20. The monoisotopic (exact) mass is 353 g/mol. The minimum atomic E-state index is -0.818. The molecule has 1 N–H and O–H groups in total. The molecule has 25 heavy (non-hydrogen) atoms. The standard InChI is InChI=1S/C16H23N3O6/c1-17-12(20)7-18(2)13(21)9-25-14(22)8-19-15(23)10-5-3-4-6-11(10)16(19)24/h10-11H,3-9H2,1-2H3,(H,17,20)/t10-,11+. The molecule has 2 atom stereocenters. The first-order valence-electron chi connectivity index (χ1n) is 8.30. The largest absolute Gasteiger partial charge is 0.454 e. The summed E-state index contributed by atoms with van der Waals surface area (Å²) in [5.74, 6) is -3.02. The molecule has 2 rings (SSSR count).